The van der Waals surface area contributed by atoms with E-state index in [0.29, 0.717) is 0 Å². The summed E-state index contributed by atoms with van der Waals surface area (Å²) in [5.41, 5.74) is 0. The van der Waals surface area contributed by atoms with Crippen molar-refractivity contribution in [3.05, 3.63) is 12.3 Å². The third-order valence-corrected chi connectivity index (χ3v) is 2.95. The fourth-order valence-corrected chi connectivity index (χ4v) is 1.82. The maximum atomic E-state index is 11.1. The summed E-state index contributed by atoms with van der Waals surface area (Å²) < 4.78 is 0. The van der Waals surface area contributed by atoms with E-state index in [4.69, 9.17) is 27.5 Å². The van der Waals surface area contributed by atoms with Crippen molar-refractivity contribution in [2.45, 2.75) is 44.7 Å². The summed E-state index contributed by atoms with van der Waals surface area (Å²) in [6, 6.07) is -2.18. The zero-order valence-corrected chi connectivity index (χ0v) is 13.0. The Morgan fingerprint density at radius 2 is 1.41 bits per heavy atom. The van der Waals surface area contributed by atoms with Gasteiger partial charge in [0, 0.05) is 12.8 Å². The van der Waals surface area contributed by atoms with Crippen LogP contribution in [0.25, 0.3) is 0 Å². The zero-order valence-electron chi connectivity index (χ0n) is 12.2. The van der Waals surface area contributed by atoms with Crippen LogP contribution in [0.1, 0.15) is 32.6 Å². The van der Waals surface area contributed by atoms with Crippen molar-refractivity contribution in [1.29, 1.82) is 0 Å². The summed E-state index contributed by atoms with van der Waals surface area (Å²) in [7, 11) is 0. The minimum Gasteiger partial charge on any atom is -0.513 e. The number of rotatable bonds is 10. The van der Waals surface area contributed by atoms with Gasteiger partial charge < -0.3 is 30.7 Å². The highest BCUT2D eigenvalue weighted by Gasteiger charge is 2.22. The van der Waals surface area contributed by atoms with Crippen LogP contribution in [-0.2, 0) is 14.4 Å². The second kappa shape index (κ2) is 9.72. The highest BCUT2D eigenvalue weighted by atomic mass is 32.1. The molecule has 0 spiro atoms. The second-order valence-corrected chi connectivity index (χ2v) is 5.15. The fraction of sp³-hybridized carbons (Fsp3) is 0.538. The second-order valence-electron chi connectivity index (χ2n) is 4.75. The van der Waals surface area contributed by atoms with Gasteiger partial charge >= 0.3 is 11.9 Å². The van der Waals surface area contributed by atoms with E-state index in [9.17, 15) is 14.4 Å². The van der Waals surface area contributed by atoms with Gasteiger partial charge in [0.2, 0.25) is 0 Å². The Hall–Kier alpha value is -2.16. The molecule has 2 atom stereocenters. The van der Waals surface area contributed by atoms with Gasteiger partial charge in [-0.2, -0.15) is 0 Å². The first-order valence-electron chi connectivity index (χ1n) is 6.52. The average Bonchev–Trinajstić information content (AvgIpc) is 2.38. The number of allylic oxidation sites excluding steroid dienone is 1. The number of aliphatic hydroxyl groups is 1. The number of carboxylic acid groups (broad SMARTS) is 2. The Kier molecular flexibility index (Phi) is 8.76. The number of carbonyl (C=O) groups excluding carboxylic acids is 1. The topological polar surface area (TPSA) is 136 Å². The summed E-state index contributed by atoms with van der Waals surface area (Å²) in [6.45, 7) is 4.60. The molecule has 22 heavy (non-hydrogen) atoms. The molecule has 0 aromatic carbocycles. The normalized spacial score (nSPS) is 12.8. The standard InChI is InChI=1S/C13H20N2O6S/c1-7(16)3-5-9(11(18)19)14-13(22)15-10(12(20)21)6-4-8(2)17/h9-10,16H,1,3-6H2,2H3,(H,18,19)(H,20,21)(H2,14,15,22). The van der Waals surface area contributed by atoms with Crippen LogP contribution in [0.4, 0.5) is 0 Å². The predicted molar refractivity (Wildman–Crippen MR) is 82.6 cm³/mol. The quantitative estimate of drug-likeness (QED) is 0.287. The molecule has 0 aromatic heterocycles. The molecule has 0 saturated heterocycles. The molecule has 5 N–H and O–H groups in total. The molecule has 0 saturated carbocycles. The Morgan fingerprint density at radius 1 is 1.00 bits per heavy atom. The predicted octanol–water partition coefficient (Wildman–Crippen LogP) is 0.578. The lowest BCUT2D eigenvalue weighted by atomic mass is 10.1. The van der Waals surface area contributed by atoms with Crippen molar-refractivity contribution in [3.8, 4) is 0 Å². The minimum atomic E-state index is -1.19. The van der Waals surface area contributed by atoms with Gasteiger partial charge in [-0.15, -0.1) is 0 Å². The summed E-state index contributed by atoms with van der Waals surface area (Å²) in [5.74, 6) is -2.70. The van der Waals surface area contributed by atoms with Crippen LogP contribution in [0.2, 0.25) is 0 Å². The van der Waals surface area contributed by atoms with E-state index in [1.165, 1.54) is 6.92 Å². The Morgan fingerprint density at radius 3 is 1.73 bits per heavy atom. The molecule has 0 amide bonds. The highest BCUT2D eigenvalue weighted by molar-refractivity contribution is 7.80. The molecule has 8 nitrogen and oxygen atoms in total. The number of Topliss-reactive ketones (excluding diaryl/α,β-unsaturated/α-hetero) is 1. The summed E-state index contributed by atoms with van der Waals surface area (Å²) >= 11 is 4.89. The van der Waals surface area contributed by atoms with E-state index in [1.807, 2.05) is 0 Å². The molecule has 0 fully saturated rings. The molecular formula is C13H20N2O6S. The van der Waals surface area contributed by atoms with Crippen LogP contribution in [0.5, 0.6) is 0 Å². The van der Waals surface area contributed by atoms with Gasteiger partial charge in [-0.05, 0) is 32.0 Å². The SMILES string of the molecule is C=C(O)CCC(NC(=S)NC(CCC(C)=O)C(=O)O)C(=O)O. The van der Waals surface area contributed by atoms with Crippen LogP contribution < -0.4 is 10.6 Å². The largest absolute Gasteiger partial charge is 0.513 e. The summed E-state index contributed by atoms with van der Waals surface area (Å²) in [6.07, 6.45) is 0.216. The van der Waals surface area contributed by atoms with Gasteiger partial charge in [0.1, 0.15) is 17.9 Å². The number of ketones is 1. The van der Waals surface area contributed by atoms with E-state index >= 15 is 0 Å². The Labute approximate surface area is 133 Å². The van der Waals surface area contributed by atoms with E-state index in [0.717, 1.165) is 0 Å². The van der Waals surface area contributed by atoms with Crippen molar-refractivity contribution < 1.29 is 29.7 Å². The van der Waals surface area contributed by atoms with Crippen molar-refractivity contribution >= 4 is 35.1 Å². The maximum Gasteiger partial charge on any atom is 0.326 e. The van der Waals surface area contributed by atoms with Crippen molar-refractivity contribution in [3.63, 3.8) is 0 Å². The number of carboxylic acids is 2. The summed E-state index contributed by atoms with van der Waals surface area (Å²) in [5, 5.41) is 31.8. The number of aliphatic hydroxyl groups excluding tert-OH is 1. The molecule has 124 valence electrons. The molecule has 0 radical (unpaired) electrons. The number of hydrogen-bond donors (Lipinski definition) is 5. The molecule has 9 heteroatoms. The summed E-state index contributed by atoms with van der Waals surface area (Å²) in [4.78, 5) is 33.0. The number of nitrogens with one attached hydrogen (secondary N) is 2. The fourth-order valence-electron chi connectivity index (χ4n) is 1.53. The first kappa shape index (κ1) is 19.8. The molecule has 0 aromatic rings. The molecule has 0 bridgehead atoms. The first-order valence-corrected chi connectivity index (χ1v) is 6.93. The van der Waals surface area contributed by atoms with Crippen LogP contribution in [0.15, 0.2) is 12.3 Å². The lowest BCUT2D eigenvalue weighted by molar-refractivity contribution is -0.139. The van der Waals surface area contributed by atoms with E-state index in [-0.39, 0.29) is 42.3 Å². The molecule has 0 rings (SSSR count). The van der Waals surface area contributed by atoms with E-state index in [1.54, 1.807) is 0 Å². The van der Waals surface area contributed by atoms with Gasteiger partial charge in [-0.1, -0.05) is 6.58 Å². The zero-order chi connectivity index (χ0) is 17.3. The number of hydrogen-bond acceptors (Lipinski definition) is 5. The number of aliphatic carboxylic acids is 2. The van der Waals surface area contributed by atoms with Crippen molar-refractivity contribution in [2.75, 3.05) is 0 Å². The highest BCUT2D eigenvalue weighted by Crippen LogP contribution is 2.04. The first-order chi connectivity index (χ1) is 10.1. The number of carbonyl (C=O) groups is 3. The van der Waals surface area contributed by atoms with E-state index < -0.39 is 24.0 Å². The van der Waals surface area contributed by atoms with Crippen molar-refractivity contribution in [2.24, 2.45) is 0 Å². The van der Waals surface area contributed by atoms with Crippen LogP contribution >= 0.6 is 12.2 Å². The molecular weight excluding hydrogens is 312 g/mol. The average molecular weight is 332 g/mol. The third-order valence-electron chi connectivity index (χ3n) is 2.71. The van der Waals surface area contributed by atoms with Crippen LogP contribution in [-0.4, -0.2) is 50.2 Å². The monoisotopic (exact) mass is 332 g/mol. The molecule has 0 aliphatic rings. The Balaban J connectivity index is 4.57. The van der Waals surface area contributed by atoms with Gasteiger partial charge in [0.25, 0.3) is 0 Å². The molecule has 0 heterocycles. The molecule has 0 aliphatic carbocycles. The van der Waals surface area contributed by atoms with E-state index in [2.05, 4.69) is 17.2 Å². The molecule has 2 unspecified atom stereocenters. The van der Waals surface area contributed by atoms with Gasteiger partial charge in [0.15, 0.2) is 5.11 Å². The molecule has 0 aliphatic heterocycles. The third kappa shape index (κ3) is 8.90. The smallest absolute Gasteiger partial charge is 0.326 e. The lowest BCUT2D eigenvalue weighted by Crippen LogP contribution is -2.51. The minimum absolute atomic E-state index is 0.0394. The number of thiocarbonyl (C=S) groups is 1. The van der Waals surface area contributed by atoms with Gasteiger partial charge in [-0.25, -0.2) is 9.59 Å². The Bertz CT molecular complexity index is 425. The van der Waals surface area contributed by atoms with Crippen LogP contribution in [0.3, 0.4) is 0 Å². The van der Waals surface area contributed by atoms with Gasteiger partial charge in [0.05, 0.1) is 5.76 Å². The van der Waals surface area contributed by atoms with Gasteiger partial charge in [-0.3, -0.25) is 0 Å². The van der Waals surface area contributed by atoms with Crippen molar-refractivity contribution in [1.82, 2.24) is 10.6 Å². The lowest BCUT2D eigenvalue weighted by Gasteiger charge is -2.20. The van der Waals surface area contributed by atoms with Crippen LogP contribution in [0, 0.1) is 0 Å². The maximum absolute atomic E-state index is 11.1.